The predicted molar refractivity (Wildman–Crippen MR) is 146 cm³/mol. The van der Waals surface area contributed by atoms with Gasteiger partial charge in [0.05, 0.1) is 35.7 Å². The molecule has 2 fully saturated rings. The second-order valence-corrected chi connectivity index (χ2v) is 10.5. The first-order valence-corrected chi connectivity index (χ1v) is 13.4. The summed E-state index contributed by atoms with van der Waals surface area (Å²) in [6, 6.07) is 5.82. The van der Waals surface area contributed by atoms with Crippen LogP contribution in [0.4, 0.5) is 15.8 Å². The molecule has 0 unspecified atom stereocenters. The number of ether oxygens (including phenoxy) is 2. The van der Waals surface area contributed by atoms with E-state index in [0.29, 0.717) is 47.8 Å². The standard InChI is InChI=1S/C28H32FN7O3/c1-16-12-35(13-17(2)31-16)24-5-4-21(25-22(24)11-30-28(34-25)39-20-6-8-38-9-7-20)27(37)33-19-10-23(29)26-32-18(3)14-36(26)15-19/h4-5,10-11,14-17,20,31H,6-9,12-13H2,1-3H3,(H,33,37)/t16-,17-/m0/s1. The number of amides is 1. The fourth-order valence-electron chi connectivity index (χ4n) is 5.52. The number of rotatable bonds is 5. The molecule has 0 aliphatic carbocycles. The number of aryl methyl sites for hydroxylation is 1. The molecule has 10 nitrogen and oxygen atoms in total. The number of benzene rings is 1. The fraction of sp³-hybridized carbons (Fsp3) is 0.429. The van der Waals surface area contributed by atoms with E-state index < -0.39 is 11.7 Å². The minimum Gasteiger partial charge on any atom is -0.460 e. The third-order valence-corrected chi connectivity index (χ3v) is 7.17. The van der Waals surface area contributed by atoms with Crippen molar-refractivity contribution in [3.05, 3.63) is 53.9 Å². The molecule has 39 heavy (non-hydrogen) atoms. The number of halogens is 1. The van der Waals surface area contributed by atoms with Crippen LogP contribution >= 0.6 is 0 Å². The molecule has 1 aromatic carbocycles. The van der Waals surface area contributed by atoms with Gasteiger partial charge in [-0.05, 0) is 32.9 Å². The van der Waals surface area contributed by atoms with Gasteiger partial charge in [0.2, 0.25) is 0 Å². The SMILES string of the molecule is Cc1cn2cc(NC(=O)c3ccc(N4C[C@H](C)N[C@@H](C)C4)c4cnc(OC5CCOCC5)nc34)cc(F)c2n1. The highest BCUT2D eigenvalue weighted by atomic mass is 19.1. The molecule has 2 aliphatic heterocycles. The fourth-order valence-corrected chi connectivity index (χ4v) is 5.52. The summed E-state index contributed by atoms with van der Waals surface area (Å²) >= 11 is 0. The molecular formula is C28H32FN7O3. The Bertz CT molecular complexity index is 1520. The lowest BCUT2D eigenvalue weighted by atomic mass is 10.0. The normalized spacial score (nSPS) is 20.5. The zero-order chi connectivity index (χ0) is 27.1. The second kappa shape index (κ2) is 10.4. The van der Waals surface area contributed by atoms with Gasteiger partial charge >= 0.3 is 6.01 Å². The average molecular weight is 534 g/mol. The molecule has 5 heterocycles. The maximum absolute atomic E-state index is 14.7. The van der Waals surface area contributed by atoms with Crippen molar-refractivity contribution < 1.29 is 18.7 Å². The van der Waals surface area contributed by atoms with Crippen molar-refractivity contribution >= 4 is 33.8 Å². The zero-order valence-corrected chi connectivity index (χ0v) is 22.3. The summed E-state index contributed by atoms with van der Waals surface area (Å²) in [5.41, 5.74) is 3.01. The number of piperazine rings is 1. The Hall–Kier alpha value is -3.83. The van der Waals surface area contributed by atoms with Gasteiger partial charge in [-0.1, -0.05) is 0 Å². The van der Waals surface area contributed by atoms with Gasteiger partial charge < -0.3 is 29.4 Å². The number of hydrogen-bond acceptors (Lipinski definition) is 8. The number of fused-ring (bicyclic) bond motifs is 2. The number of carbonyl (C=O) groups is 1. The van der Waals surface area contributed by atoms with Crippen molar-refractivity contribution in [2.75, 3.05) is 36.5 Å². The lowest BCUT2D eigenvalue weighted by molar-refractivity contribution is 0.0218. The molecule has 6 rings (SSSR count). The van der Waals surface area contributed by atoms with E-state index in [1.54, 1.807) is 36.0 Å². The van der Waals surface area contributed by atoms with Crippen molar-refractivity contribution in [3.63, 3.8) is 0 Å². The van der Waals surface area contributed by atoms with Crippen LogP contribution in [0.1, 0.15) is 42.7 Å². The van der Waals surface area contributed by atoms with Crippen molar-refractivity contribution in [1.29, 1.82) is 0 Å². The maximum Gasteiger partial charge on any atom is 0.317 e. The molecule has 2 atom stereocenters. The zero-order valence-electron chi connectivity index (χ0n) is 22.3. The van der Waals surface area contributed by atoms with Gasteiger partial charge in [-0.3, -0.25) is 4.79 Å². The minimum absolute atomic E-state index is 0.0418. The third kappa shape index (κ3) is 5.24. The van der Waals surface area contributed by atoms with Crippen LogP contribution < -0.4 is 20.3 Å². The average Bonchev–Trinajstić information content (AvgIpc) is 3.28. The maximum atomic E-state index is 14.7. The van der Waals surface area contributed by atoms with Gasteiger partial charge in [0, 0.05) is 73.7 Å². The number of imidazole rings is 1. The topological polar surface area (TPSA) is 106 Å². The quantitative estimate of drug-likeness (QED) is 0.400. The van der Waals surface area contributed by atoms with E-state index in [4.69, 9.17) is 14.5 Å². The summed E-state index contributed by atoms with van der Waals surface area (Å²) in [4.78, 5) is 29.3. The van der Waals surface area contributed by atoms with Gasteiger partial charge in [0.25, 0.3) is 5.91 Å². The first-order chi connectivity index (χ1) is 18.8. The van der Waals surface area contributed by atoms with E-state index in [1.807, 2.05) is 6.07 Å². The van der Waals surface area contributed by atoms with Gasteiger partial charge in [0.1, 0.15) is 6.10 Å². The molecule has 11 heteroatoms. The number of nitrogens with zero attached hydrogens (tertiary/aromatic N) is 5. The number of carbonyl (C=O) groups excluding carboxylic acids is 1. The minimum atomic E-state index is -0.516. The first-order valence-electron chi connectivity index (χ1n) is 13.4. The van der Waals surface area contributed by atoms with Crippen LogP contribution in [-0.4, -0.2) is 69.8 Å². The predicted octanol–water partition coefficient (Wildman–Crippen LogP) is 3.72. The van der Waals surface area contributed by atoms with Crippen molar-refractivity contribution in [1.82, 2.24) is 24.7 Å². The van der Waals surface area contributed by atoms with Crippen LogP contribution in [0.2, 0.25) is 0 Å². The molecule has 3 aromatic heterocycles. The van der Waals surface area contributed by atoms with Crippen molar-refractivity contribution in [2.24, 2.45) is 0 Å². The molecule has 0 radical (unpaired) electrons. The number of nitrogens with one attached hydrogen (secondary N) is 2. The first kappa shape index (κ1) is 25.4. The highest BCUT2D eigenvalue weighted by Crippen LogP contribution is 2.31. The van der Waals surface area contributed by atoms with Crippen LogP contribution in [0.3, 0.4) is 0 Å². The lowest BCUT2D eigenvalue weighted by Crippen LogP contribution is -2.54. The molecule has 1 amide bonds. The van der Waals surface area contributed by atoms with Crippen molar-refractivity contribution in [3.8, 4) is 6.01 Å². The highest BCUT2D eigenvalue weighted by molar-refractivity contribution is 6.13. The van der Waals surface area contributed by atoms with E-state index in [-0.39, 0.29) is 17.8 Å². The van der Waals surface area contributed by atoms with E-state index in [2.05, 4.69) is 39.3 Å². The Balaban J connectivity index is 1.38. The summed E-state index contributed by atoms with van der Waals surface area (Å²) in [6.07, 6.45) is 6.56. The Labute approximate surface area is 225 Å². The summed E-state index contributed by atoms with van der Waals surface area (Å²) in [7, 11) is 0. The summed E-state index contributed by atoms with van der Waals surface area (Å²) < 4.78 is 27.8. The molecule has 0 spiro atoms. The van der Waals surface area contributed by atoms with Gasteiger partial charge in [0.15, 0.2) is 11.5 Å². The number of aromatic nitrogens is 4. The largest absolute Gasteiger partial charge is 0.460 e. The molecule has 2 saturated heterocycles. The summed E-state index contributed by atoms with van der Waals surface area (Å²) in [5, 5.41) is 7.15. The van der Waals surface area contributed by atoms with Crippen LogP contribution in [0.15, 0.2) is 36.8 Å². The summed E-state index contributed by atoms with van der Waals surface area (Å²) in [5.74, 6) is -0.919. The van der Waals surface area contributed by atoms with Crippen LogP contribution in [0.5, 0.6) is 6.01 Å². The van der Waals surface area contributed by atoms with Crippen LogP contribution in [0.25, 0.3) is 16.6 Å². The molecular weight excluding hydrogens is 501 g/mol. The Morgan fingerprint density at radius 2 is 1.92 bits per heavy atom. The second-order valence-electron chi connectivity index (χ2n) is 10.5. The molecule has 0 bridgehead atoms. The van der Waals surface area contributed by atoms with E-state index in [0.717, 1.165) is 37.0 Å². The Morgan fingerprint density at radius 1 is 1.15 bits per heavy atom. The monoisotopic (exact) mass is 533 g/mol. The van der Waals surface area contributed by atoms with Gasteiger partial charge in [-0.2, -0.15) is 4.98 Å². The number of anilines is 2. The lowest BCUT2D eigenvalue weighted by Gasteiger charge is -2.38. The van der Waals surface area contributed by atoms with E-state index in [9.17, 15) is 9.18 Å². The summed E-state index contributed by atoms with van der Waals surface area (Å²) in [6.45, 7) is 8.99. The van der Waals surface area contributed by atoms with Crippen molar-refractivity contribution in [2.45, 2.75) is 51.8 Å². The van der Waals surface area contributed by atoms with Gasteiger partial charge in [-0.25, -0.2) is 14.4 Å². The number of hydrogen-bond donors (Lipinski definition) is 2. The van der Waals surface area contributed by atoms with Crippen LogP contribution in [0, 0.1) is 12.7 Å². The molecule has 4 aromatic rings. The molecule has 0 saturated carbocycles. The van der Waals surface area contributed by atoms with E-state index >= 15 is 0 Å². The number of pyridine rings is 1. The Morgan fingerprint density at radius 3 is 2.69 bits per heavy atom. The smallest absolute Gasteiger partial charge is 0.317 e. The van der Waals surface area contributed by atoms with Crippen LogP contribution in [-0.2, 0) is 4.74 Å². The molecule has 2 N–H and O–H groups in total. The van der Waals surface area contributed by atoms with Gasteiger partial charge in [-0.15, -0.1) is 0 Å². The Kier molecular flexibility index (Phi) is 6.78. The molecule has 2 aliphatic rings. The third-order valence-electron chi connectivity index (χ3n) is 7.17. The highest BCUT2D eigenvalue weighted by Gasteiger charge is 2.25. The molecule has 204 valence electrons. The van der Waals surface area contributed by atoms with E-state index in [1.165, 1.54) is 6.07 Å².